The molecule has 0 amide bonds. The summed E-state index contributed by atoms with van der Waals surface area (Å²) in [6, 6.07) is 5.32. The van der Waals surface area contributed by atoms with Gasteiger partial charge < -0.3 is 0 Å². The molecular weight excluding hydrogens is 797 g/mol. The summed E-state index contributed by atoms with van der Waals surface area (Å²) >= 11 is 0. The Bertz CT molecular complexity index is 1420. The second-order valence-electron chi connectivity index (χ2n) is 28.0. The fourth-order valence-electron chi connectivity index (χ4n) is 20.6. The molecule has 11 aliphatic carbocycles. The normalized spacial score (nSPS) is 50.3. The van der Waals surface area contributed by atoms with E-state index in [4.69, 9.17) is 0 Å². The third-order valence-corrected chi connectivity index (χ3v) is 24.1. The molecule has 0 N–H and O–H groups in total. The molecule has 372 valence electrons. The summed E-state index contributed by atoms with van der Waals surface area (Å²) in [6.45, 7) is 10.1. The van der Waals surface area contributed by atoms with Crippen molar-refractivity contribution < 1.29 is 0 Å². The molecule has 0 aromatic carbocycles. The van der Waals surface area contributed by atoms with Crippen LogP contribution in [0.25, 0.3) is 0 Å². The summed E-state index contributed by atoms with van der Waals surface area (Å²) < 4.78 is 0. The first kappa shape index (κ1) is 47.7. The third-order valence-electron chi connectivity index (χ3n) is 24.1. The standard InChI is InChI=1S/C64H106N2/c1-43-11-19-47(20-12-43)23-25-49-27-35-53(36-28-49)65(51-31-15-45(3)16-32-51)61-41-39-57-56-8-6-10-60-62(42-40-58(64(56)60)55-7-5-9-59(61)63(55)57)66(52-33-17-46(4)18-34-52)54-37-29-50(30-38-54)26-24-48-21-13-44(2)14-22-48/h23-26,43-64H,5-22,27-42H2,1-4H3/b25-23+,26-24+. The zero-order valence-electron chi connectivity index (χ0n) is 43.9. The Hall–Kier alpha value is -0.600. The zero-order valence-corrected chi connectivity index (χ0v) is 43.9. The van der Waals surface area contributed by atoms with Crippen LogP contribution >= 0.6 is 0 Å². The first-order valence-electron chi connectivity index (χ1n) is 31.3. The summed E-state index contributed by atoms with van der Waals surface area (Å²) in [7, 11) is 0. The molecule has 0 heterocycles. The lowest BCUT2D eigenvalue weighted by Gasteiger charge is -2.67. The lowest BCUT2D eigenvalue weighted by molar-refractivity contribution is -0.179. The number of hydrogen-bond acceptors (Lipinski definition) is 2. The Morgan fingerprint density at radius 1 is 0.242 bits per heavy atom. The second kappa shape index (κ2) is 21.6. The molecule has 11 rings (SSSR count). The van der Waals surface area contributed by atoms with Crippen LogP contribution in [0.5, 0.6) is 0 Å². The Morgan fingerprint density at radius 2 is 0.485 bits per heavy atom. The van der Waals surface area contributed by atoms with Crippen molar-refractivity contribution in [3.05, 3.63) is 24.3 Å². The van der Waals surface area contributed by atoms with E-state index >= 15 is 0 Å². The van der Waals surface area contributed by atoms with Gasteiger partial charge in [-0.3, -0.25) is 9.80 Å². The van der Waals surface area contributed by atoms with Gasteiger partial charge >= 0.3 is 0 Å². The van der Waals surface area contributed by atoms with E-state index in [1.165, 1.54) is 154 Å². The van der Waals surface area contributed by atoms with Crippen molar-refractivity contribution in [1.82, 2.24) is 9.80 Å². The lowest BCUT2D eigenvalue weighted by atomic mass is 9.41. The second-order valence-corrected chi connectivity index (χ2v) is 28.0. The number of fused-ring (bicyclic) bond motifs is 2. The minimum Gasteiger partial charge on any atom is -0.294 e. The van der Waals surface area contributed by atoms with E-state index in [1.807, 2.05) is 0 Å². The molecule has 0 radical (unpaired) electrons. The average molecular weight is 904 g/mol. The molecule has 2 heteroatoms. The number of nitrogens with zero attached hydrogens (tertiary/aromatic N) is 2. The lowest BCUT2D eigenvalue weighted by Crippen LogP contribution is -2.65. The van der Waals surface area contributed by atoms with Crippen LogP contribution in [-0.2, 0) is 0 Å². The van der Waals surface area contributed by atoms with Gasteiger partial charge in [-0.15, -0.1) is 0 Å². The molecule has 11 fully saturated rings. The molecule has 10 atom stereocenters. The van der Waals surface area contributed by atoms with E-state index in [2.05, 4.69) is 61.8 Å². The van der Waals surface area contributed by atoms with Crippen molar-refractivity contribution in [2.75, 3.05) is 0 Å². The van der Waals surface area contributed by atoms with Crippen LogP contribution in [0.15, 0.2) is 24.3 Å². The van der Waals surface area contributed by atoms with E-state index in [-0.39, 0.29) is 0 Å². The maximum Gasteiger partial charge on any atom is 0.0132 e. The van der Waals surface area contributed by atoms with Gasteiger partial charge in [0.05, 0.1) is 0 Å². The van der Waals surface area contributed by atoms with Crippen LogP contribution in [0.2, 0.25) is 0 Å². The fourth-order valence-corrected chi connectivity index (χ4v) is 20.6. The monoisotopic (exact) mass is 903 g/mol. The summed E-state index contributed by atoms with van der Waals surface area (Å²) in [5, 5.41) is 0. The summed E-state index contributed by atoms with van der Waals surface area (Å²) in [4.78, 5) is 6.85. The minimum absolute atomic E-state index is 0.859. The predicted octanol–water partition coefficient (Wildman–Crippen LogP) is 17.3. The topological polar surface area (TPSA) is 6.48 Å². The van der Waals surface area contributed by atoms with E-state index in [0.29, 0.717) is 0 Å². The van der Waals surface area contributed by atoms with Crippen LogP contribution in [0.1, 0.15) is 246 Å². The molecular formula is C64H106N2. The summed E-state index contributed by atoms with van der Waals surface area (Å²) in [6.07, 6.45) is 62.3. The highest BCUT2D eigenvalue weighted by Crippen LogP contribution is 2.66. The molecule has 0 aliphatic heterocycles. The quantitative estimate of drug-likeness (QED) is 0.202. The number of hydrogen-bond donors (Lipinski definition) is 0. The van der Waals surface area contributed by atoms with Crippen molar-refractivity contribution in [1.29, 1.82) is 0 Å². The van der Waals surface area contributed by atoms with E-state index in [1.54, 1.807) is 64.2 Å². The Morgan fingerprint density at radius 3 is 0.803 bits per heavy atom. The molecule has 0 spiro atoms. The van der Waals surface area contributed by atoms with Crippen LogP contribution in [0.3, 0.4) is 0 Å². The fraction of sp³-hybridized carbons (Fsp3) is 0.938. The molecule has 10 unspecified atom stereocenters. The number of allylic oxidation sites excluding steroid dienone is 4. The van der Waals surface area contributed by atoms with Gasteiger partial charge in [-0.25, -0.2) is 0 Å². The van der Waals surface area contributed by atoms with Crippen LogP contribution in [0.4, 0.5) is 0 Å². The highest BCUT2D eigenvalue weighted by molar-refractivity contribution is 5.13. The molecule has 0 bridgehead atoms. The van der Waals surface area contributed by atoms with Gasteiger partial charge in [0.25, 0.3) is 0 Å². The van der Waals surface area contributed by atoms with Gasteiger partial charge in [0.15, 0.2) is 0 Å². The maximum atomic E-state index is 3.42. The van der Waals surface area contributed by atoms with Crippen molar-refractivity contribution in [3.63, 3.8) is 0 Å². The van der Waals surface area contributed by atoms with E-state index < -0.39 is 0 Å². The summed E-state index contributed by atoms with van der Waals surface area (Å²) in [5.41, 5.74) is 0. The first-order valence-corrected chi connectivity index (χ1v) is 31.3. The zero-order chi connectivity index (χ0) is 44.7. The molecule has 2 nitrogen and oxygen atoms in total. The summed E-state index contributed by atoms with van der Waals surface area (Å²) in [5.74, 6) is 15.7. The van der Waals surface area contributed by atoms with Gasteiger partial charge in [-0.05, 0) is 274 Å². The molecule has 0 saturated heterocycles. The molecule has 11 saturated carbocycles. The van der Waals surface area contributed by atoms with E-state index in [0.717, 1.165) is 131 Å². The molecule has 0 aromatic rings. The molecule has 66 heavy (non-hydrogen) atoms. The molecule has 0 aromatic heterocycles. The highest BCUT2D eigenvalue weighted by Gasteiger charge is 2.62. The SMILES string of the molecule is CC1CCC(/C=C/C2CCC(N(C3CCC(C)CC3)C3CCC4C5CCCC6C5C(CCC6N(C5CCC(C)CC5)C5CCC(/C=C/C6CCC(C)CC6)CC5)C5CCCC3C54)CC2)CC1. The molecule has 11 aliphatic rings. The third kappa shape index (κ3) is 10.2. The van der Waals surface area contributed by atoms with Gasteiger partial charge in [-0.1, -0.05) is 90.5 Å². The minimum atomic E-state index is 0.859. The van der Waals surface area contributed by atoms with Crippen LogP contribution < -0.4 is 0 Å². The maximum absolute atomic E-state index is 3.42. The van der Waals surface area contributed by atoms with Crippen molar-refractivity contribution in [3.8, 4) is 0 Å². The number of rotatable bonds is 10. The Balaban J connectivity index is 0.794. The predicted molar refractivity (Wildman–Crippen MR) is 280 cm³/mol. The van der Waals surface area contributed by atoms with Crippen LogP contribution in [0, 0.1) is 94.7 Å². The van der Waals surface area contributed by atoms with Gasteiger partial charge in [-0.2, -0.15) is 0 Å². The Kier molecular flexibility index (Phi) is 15.6. The van der Waals surface area contributed by atoms with Crippen molar-refractivity contribution in [2.24, 2.45) is 94.7 Å². The van der Waals surface area contributed by atoms with Crippen molar-refractivity contribution >= 4 is 0 Å². The van der Waals surface area contributed by atoms with Crippen molar-refractivity contribution in [2.45, 2.75) is 282 Å². The van der Waals surface area contributed by atoms with E-state index in [9.17, 15) is 0 Å². The van der Waals surface area contributed by atoms with Gasteiger partial charge in [0, 0.05) is 36.3 Å². The Labute approximate surface area is 409 Å². The first-order chi connectivity index (χ1) is 32.3. The average Bonchev–Trinajstić information content (AvgIpc) is 3.35. The van der Waals surface area contributed by atoms with Gasteiger partial charge in [0.2, 0.25) is 0 Å². The smallest absolute Gasteiger partial charge is 0.0132 e. The largest absolute Gasteiger partial charge is 0.294 e. The van der Waals surface area contributed by atoms with Gasteiger partial charge in [0.1, 0.15) is 0 Å². The highest BCUT2D eigenvalue weighted by atomic mass is 15.2. The van der Waals surface area contributed by atoms with Crippen LogP contribution in [-0.4, -0.2) is 46.1 Å².